The Kier molecular flexibility index (Phi) is 6.59. The van der Waals surface area contributed by atoms with Gasteiger partial charge in [-0.2, -0.15) is 0 Å². The van der Waals surface area contributed by atoms with Crippen LogP contribution in [0.4, 0.5) is 5.69 Å². The summed E-state index contributed by atoms with van der Waals surface area (Å²) in [7, 11) is 3.19. The van der Waals surface area contributed by atoms with Crippen molar-refractivity contribution in [1.82, 2.24) is 4.90 Å². The highest BCUT2D eigenvalue weighted by Crippen LogP contribution is 2.33. The van der Waals surface area contributed by atoms with Gasteiger partial charge in [0.25, 0.3) is 5.91 Å². The topological polar surface area (TPSA) is 77.1 Å². The smallest absolute Gasteiger partial charge is 0.251 e. The molecular weight excluding hydrogens is 420 g/mol. The van der Waals surface area contributed by atoms with E-state index < -0.39 is 6.04 Å². The van der Waals surface area contributed by atoms with Crippen LogP contribution in [0.25, 0.3) is 6.08 Å². The molecule has 0 spiro atoms. The monoisotopic (exact) mass is 444 g/mol. The Morgan fingerprint density at radius 1 is 1.00 bits per heavy atom. The lowest BCUT2D eigenvalue weighted by Gasteiger charge is -2.27. The van der Waals surface area contributed by atoms with Crippen LogP contribution in [-0.2, 0) is 9.59 Å². The predicted molar refractivity (Wildman–Crippen MR) is 125 cm³/mol. The van der Waals surface area contributed by atoms with Crippen LogP contribution in [0.1, 0.15) is 17.2 Å². The molecule has 0 bridgehead atoms. The second-order valence-electron chi connectivity index (χ2n) is 7.43. The maximum atomic E-state index is 13.2. The van der Waals surface area contributed by atoms with Gasteiger partial charge in [-0.15, -0.1) is 0 Å². The van der Waals surface area contributed by atoms with Crippen LogP contribution >= 0.6 is 0 Å². The standard InChI is InChI=1S/C26H24N2O5/c1-28(24(29)15-9-18-8-14-22-23(16-18)33-17-32-22)25(19-6-4-3-5-7-19)26(30)27-20-10-12-21(31-2)13-11-20/h3-16,25H,17H2,1-2H3,(H,27,30)/b15-9+/t25-/m0/s1. The highest BCUT2D eigenvalue weighted by atomic mass is 16.7. The summed E-state index contributed by atoms with van der Waals surface area (Å²) in [6, 6.07) is 20.8. The molecule has 0 saturated heterocycles. The number of methoxy groups -OCH3 is 1. The van der Waals surface area contributed by atoms with Gasteiger partial charge in [-0.05, 0) is 53.6 Å². The lowest BCUT2D eigenvalue weighted by molar-refractivity contribution is -0.133. The number of ether oxygens (including phenoxy) is 3. The molecule has 33 heavy (non-hydrogen) atoms. The molecule has 0 aliphatic carbocycles. The zero-order valence-corrected chi connectivity index (χ0v) is 18.4. The van der Waals surface area contributed by atoms with Crippen molar-refractivity contribution in [2.75, 3.05) is 26.3 Å². The first-order valence-electron chi connectivity index (χ1n) is 10.4. The molecule has 0 fully saturated rings. The Hall–Kier alpha value is -4.26. The number of likely N-dealkylation sites (N-methyl/N-ethyl adjacent to an activating group) is 1. The van der Waals surface area contributed by atoms with Crippen molar-refractivity contribution in [3.8, 4) is 17.2 Å². The van der Waals surface area contributed by atoms with Crippen LogP contribution in [0.5, 0.6) is 17.2 Å². The molecule has 3 aromatic rings. The summed E-state index contributed by atoms with van der Waals surface area (Å²) in [6.07, 6.45) is 3.12. The van der Waals surface area contributed by atoms with Crippen molar-refractivity contribution in [1.29, 1.82) is 0 Å². The number of fused-ring (bicyclic) bond motifs is 1. The van der Waals surface area contributed by atoms with Gasteiger partial charge in [0.05, 0.1) is 7.11 Å². The normalized spacial score (nSPS) is 12.9. The molecule has 1 N–H and O–H groups in total. The number of rotatable bonds is 7. The van der Waals surface area contributed by atoms with Gasteiger partial charge in [0.2, 0.25) is 12.7 Å². The Morgan fingerprint density at radius 2 is 1.73 bits per heavy atom. The first-order chi connectivity index (χ1) is 16.0. The number of anilines is 1. The van der Waals surface area contributed by atoms with E-state index >= 15 is 0 Å². The summed E-state index contributed by atoms with van der Waals surface area (Å²) in [5.74, 6) is 1.37. The van der Waals surface area contributed by atoms with Gasteiger partial charge in [0.1, 0.15) is 11.8 Å². The molecule has 0 radical (unpaired) electrons. The lowest BCUT2D eigenvalue weighted by Crippen LogP contribution is -2.37. The summed E-state index contributed by atoms with van der Waals surface area (Å²) < 4.78 is 15.9. The fourth-order valence-electron chi connectivity index (χ4n) is 3.50. The Bertz CT molecular complexity index is 1160. The van der Waals surface area contributed by atoms with E-state index in [9.17, 15) is 9.59 Å². The van der Waals surface area contributed by atoms with E-state index in [0.29, 0.717) is 28.5 Å². The third-order valence-corrected chi connectivity index (χ3v) is 5.27. The molecular formula is C26H24N2O5. The number of hydrogen-bond donors (Lipinski definition) is 1. The summed E-state index contributed by atoms with van der Waals surface area (Å²) >= 11 is 0. The van der Waals surface area contributed by atoms with Crippen LogP contribution < -0.4 is 19.5 Å². The molecule has 4 rings (SSSR count). The minimum atomic E-state index is -0.817. The van der Waals surface area contributed by atoms with Gasteiger partial charge in [0, 0.05) is 18.8 Å². The third-order valence-electron chi connectivity index (χ3n) is 5.27. The van der Waals surface area contributed by atoms with Crippen LogP contribution in [0.3, 0.4) is 0 Å². The predicted octanol–water partition coefficient (Wildman–Crippen LogP) is 4.28. The van der Waals surface area contributed by atoms with Crippen LogP contribution in [0.2, 0.25) is 0 Å². The second-order valence-corrected chi connectivity index (χ2v) is 7.43. The minimum Gasteiger partial charge on any atom is -0.497 e. The largest absolute Gasteiger partial charge is 0.497 e. The average Bonchev–Trinajstić information content (AvgIpc) is 3.32. The third kappa shape index (κ3) is 5.15. The zero-order valence-electron chi connectivity index (χ0n) is 18.4. The van der Waals surface area contributed by atoms with Gasteiger partial charge >= 0.3 is 0 Å². The van der Waals surface area contributed by atoms with Crippen LogP contribution in [-0.4, -0.2) is 37.7 Å². The van der Waals surface area contributed by atoms with Crippen molar-refractivity contribution >= 4 is 23.6 Å². The molecule has 0 saturated carbocycles. The van der Waals surface area contributed by atoms with Crippen molar-refractivity contribution in [2.24, 2.45) is 0 Å². The van der Waals surface area contributed by atoms with Crippen molar-refractivity contribution in [3.63, 3.8) is 0 Å². The maximum absolute atomic E-state index is 13.2. The Labute approximate surface area is 192 Å². The number of carbonyl (C=O) groups excluding carboxylic acids is 2. The van der Waals surface area contributed by atoms with Crippen LogP contribution in [0, 0.1) is 0 Å². The van der Waals surface area contributed by atoms with Crippen molar-refractivity contribution in [3.05, 3.63) is 90.0 Å². The zero-order chi connectivity index (χ0) is 23.2. The Balaban J connectivity index is 1.53. The Morgan fingerprint density at radius 3 is 2.45 bits per heavy atom. The van der Waals surface area contributed by atoms with Crippen molar-refractivity contribution in [2.45, 2.75) is 6.04 Å². The van der Waals surface area contributed by atoms with E-state index in [-0.39, 0.29) is 18.6 Å². The molecule has 0 aromatic heterocycles. The van der Waals surface area contributed by atoms with Gasteiger partial charge < -0.3 is 24.4 Å². The van der Waals surface area contributed by atoms with E-state index in [1.165, 1.54) is 11.0 Å². The molecule has 0 unspecified atom stereocenters. The van der Waals surface area contributed by atoms with Gasteiger partial charge in [-0.3, -0.25) is 9.59 Å². The fraction of sp³-hybridized carbons (Fsp3) is 0.154. The van der Waals surface area contributed by atoms with Crippen molar-refractivity contribution < 1.29 is 23.8 Å². The maximum Gasteiger partial charge on any atom is 0.251 e. The highest BCUT2D eigenvalue weighted by molar-refractivity contribution is 6.00. The molecule has 2 amide bonds. The van der Waals surface area contributed by atoms with E-state index in [4.69, 9.17) is 14.2 Å². The van der Waals surface area contributed by atoms with Gasteiger partial charge in [-0.25, -0.2) is 0 Å². The molecule has 1 heterocycles. The molecule has 7 heteroatoms. The molecule has 3 aromatic carbocycles. The van der Waals surface area contributed by atoms with E-state index in [2.05, 4.69) is 5.32 Å². The summed E-state index contributed by atoms with van der Waals surface area (Å²) in [5, 5.41) is 2.89. The van der Waals surface area contributed by atoms with Gasteiger partial charge in [0.15, 0.2) is 11.5 Å². The second kappa shape index (κ2) is 9.91. The molecule has 7 nitrogen and oxygen atoms in total. The first kappa shape index (κ1) is 22.0. The molecule has 1 aliphatic rings. The number of nitrogens with zero attached hydrogens (tertiary/aromatic N) is 1. The first-order valence-corrected chi connectivity index (χ1v) is 10.4. The SMILES string of the molecule is COc1ccc(NC(=O)[C@H](c2ccccc2)N(C)C(=O)/C=C/c2ccc3c(c2)OCO3)cc1. The summed E-state index contributed by atoms with van der Waals surface area (Å²) in [6.45, 7) is 0.187. The van der Waals surface area contributed by atoms with Crippen LogP contribution in [0.15, 0.2) is 78.9 Å². The highest BCUT2D eigenvalue weighted by Gasteiger charge is 2.27. The van der Waals surface area contributed by atoms with E-state index in [1.54, 1.807) is 56.6 Å². The summed E-state index contributed by atoms with van der Waals surface area (Å²) in [4.78, 5) is 27.6. The quantitative estimate of drug-likeness (QED) is 0.551. The summed E-state index contributed by atoms with van der Waals surface area (Å²) in [5.41, 5.74) is 2.11. The molecule has 168 valence electrons. The average molecular weight is 444 g/mol. The number of carbonyl (C=O) groups is 2. The van der Waals surface area contributed by atoms with Gasteiger partial charge in [-0.1, -0.05) is 36.4 Å². The number of nitrogens with one attached hydrogen (secondary N) is 1. The number of benzene rings is 3. The molecule has 1 aliphatic heterocycles. The van der Waals surface area contributed by atoms with E-state index in [1.807, 2.05) is 36.4 Å². The minimum absolute atomic E-state index is 0.187. The van der Waals surface area contributed by atoms with E-state index in [0.717, 1.165) is 5.56 Å². The fourth-order valence-corrected chi connectivity index (χ4v) is 3.50. The lowest BCUT2D eigenvalue weighted by atomic mass is 10.0. The molecule has 1 atom stereocenters. The number of hydrogen-bond acceptors (Lipinski definition) is 5. The number of amides is 2.